The van der Waals surface area contributed by atoms with Crippen LogP contribution in [0.1, 0.15) is 28.6 Å². The standard InChI is InChI=1S/C27H23Br2N3O5/c1-3-35-23-11-17(14-30-32-27(34)24-13-18-12-19(28)6-9-22(18)37-24)10-21(29)26(23)36-15-25(33)31-20-7-4-16(2)5-8-20/h4-14H,3,15H2,1-2H3,(H,31,33)(H,32,34)/b30-14+. The summed E-state index contributed by atoms with van der Waals surface area (Å²) in [6.07, 6.45) is 1.47. The van der Waals surface area contributed by atoms with E-state index in [1.54, 1.807) is 24.3 Å². The summed E-state index contributed by atoms with van der Waals surface area (Å²) >= 11 is 6.87. The highest BCUT2D eigenvalue weighted by molar-refractivity contribution is 9.10. The first-order valence-electron chi connectivity index (χ1n) is 11.3. The molecule has 0 fully saturated rings. The second-order valence-electron chi connectivity index (χ2n) is 7.96. The fraction of sp³-hybridized carbons (Fsp3) is 0.148. The van der Waals surface area contributed by atoms with E-state index >= 15 is 0 Å². The largest absolute Gasteiger partial charge is 0.490 e. The third-order valence-corrected chi connectivity index (χ3v) is 6.18. The van der Waals surface area contributed by atoms with Gasteiger partial charge in [0.2, 0.25) is 0 Å². The molecule has 0 saturated heterocycles. The van der Waals surface area contributed by atoms with Gasteiger partial charge in [0.05, 0.1) is 17.3 Å². The highest BCUT2D eigenvalue weighted by Crippen LogP contribution is 2.36. The van der Waals surface area contributed by atoms with Crippen LogP contribution >= 0.6 is 31.9 Å². The average molecular weight is 629 g/mol. The molecule has 0 spiro atoms. The molecule has 0 aliphatic carbocycles. The molecule has 1 aromatic heterocycles. The number of amides is 2. The molecular weight excluding hydrogens is 606 g/mol. The van der Waals surface area contributed by atoms with E-state index in [4.69, 9.17) is 13.9 Å². The smallest absolute Gasteiger partial charge is 0.307 e. The first-order chi connectivity index (χ1) is 17.8. The monoisotopic (exact) mass is 627 g/mol. The van der Waals surface area contributed by atoms with Crippen LogP contribution < -0.4 is 20.2 Å². The van der Waals surface area contributed by atoms with Crippen molar-refractivity contribution in [1.29, 1.82) is 0 Å². The Morgan fingerprint density at radius 3 is 2.57 bits per heavy atom. The van der Waals surface area contributed by atoms with Gasteiger partial charge in [0.1, 0.15) is 5.58 Å². The molecule has 8 nitrogen and oxygen atoms in total. The van der Waals surface area contributed by atoms with Gasteiger partial charge >= 0.3 is 5.91 Å². The summed E-state index contributed by atoms with van der Waals surface area (Å²) in [6.45, 7) is 4.00. The van der Waals surface area contributed by atoms with E-state index in [9.17, 15) is 9.59 Å². The van der Waals surface area contributed by atoms with Crippen molar-refractivity contribution in [2.75, 3.05) is 18.5 Å². The molecule has 0 radical (unpaired) electrons. The van der Waals surface area contributed by atoms with Crippen molar-refractivity contribution in [1.82, 2.24) is 5.43 Å². The van der Waals surface area contributed by atoms with Crippen LogP contribution in [0.2, 0.25) is 0 Å². The molecule has 0 atom stereocenters. The van der Waals surface area contributed by atoms with Crippen LogP contribution in [-0.4, -0.2) is 31.2 Å². The number of halogens is 2. The van der Waals surface area contributed by atoms with E-state index in [2.05, 4.69) is 47.7 Å². The van der Waals surface area contributed by atoms with E-state index in [1.165, 1.54) is 6.21 Å². The molecule has 4 aromatic rings. The summed E-state index contributed by atoms with van der Waals surface area (Å²) in [6, 6.07) is 18.1. The van der Waals surface area contributed by atoms with Crippen molar-refractivity contribution >= 4 is 66.5 Å². The van der Waals surface area contributed by atoms with E-state index in [1.807, 2.05) is 50.2 Å². The number of furan rings is 1. The van der Waals surface area contributed by atoms with Crippen LogP contribution in [0.3, 0.4) is 0 Å². The van der Waals surface area contributed by atoms with Gasteiger partial charge in [-0.1, -0.05) is 33.6 Å². The summed E-state index contributed by atoms with van der Waals surface area (Å²) in [5.41, 5.74) is 5.49. The Labute approximate surface area is 230 Å². The number of hydrazone groups is 1. The fourth-order valence-corrected chi connectivity index (χ4v) is 4.34. The zero-order valence-electron chi connectivity index (χ0n) is 20.0. The van der Waals surface area contributed by atoms with Crippen LogP contribution in [0.25, 0.3) is 11.0 Å². The van der Waals surface area contributed by atoms with Crippen LogP contribution in [-0.2, 0) is 4.79 Å². The topological polar surface area (TPSA) is 102 Å². The highest BCUT2D eigenvalue weighted by atomic mass is 79.9. The lowest BCUT2D eigenvalue weighted by atomic mass is 10.2. The predicted molar refractivity (Wildman–Crippen MR) is 150 cm³/mol. The van der Waals surface area contributed by atoms with Crippen molar-refractivity contribution in [2.45, 2.75) is 13.8 Å². The molecule has 190 valence electrons. The molecule has 1 heterocycles. The maximum absolute atomic E-state index is 12.5. The van der Waals surface area contributed by atoms with Crippen molar-refractivity contribution < 1.29 is 23.5 Å². The normalized spacial score (nSPS) is 11.0. The molecule has 0 bridgehead atoms. The second kappa shape index (κ2) is 12.1. The average Bonchev–Trinajstić information content (AvgIpc) is 3.28. The summed E-state index contributed by atoms with van der Waals surface area (Å²) < 4.78 is 18.5. The minimum atomic E-state index is -0.479. The number of nitrogens with one attached hydrogen (secondary N) is 2. The van der Waals surface area contributed by atoms with Gasteiger partial charge in [-0.25, -0.2) is 5.43 Å². The second-order valence-corrected chi connectivity index (χ2v) is 9.73. The fourth-order valence-electron chi connectivity index (χ4n) is 3.38. The zero-order chi connectivity index (χ0) is 26.4. The van der Waals surface area contributed by atoms with Crippen molar-refractivity contribution in [2.24, 2.45) is 5.10 Å². The van der Waals surface area contributed by atoms with Gasteiger partial charge in [-0.05, 0) is 83.9 Å². The van der Waals surface area contributed by atoms with Crippen molar-refractivity contribution in [3.05, 3.63) is 86.5 Å². The number of rotatable bonds is 9. The summed E-state index contributed by atoms with van der Waals surface area (Å²) in [4.78, 5) is 24.8. The molecule has 2 amide bonds. The van der Waals surface area contributed by atoms with Crippen molar-refractivity contribution in [3.8, 4) is 11.5 Å². The van der Waals surface area contributed by atoms with Crippen LogP contribution in [0, 0.1) is 6.92 Å². The van der Waals surface area contributed by atoms with Gasteiger partial charge in [0.15, 0.2) is 23.9 Å². The molecule has 0 saturated carbocycles. The molecule has 2 N–H and O–H groups in total. The number of aryl methyl sites for hydroxylation is 1. The maximum atomic E-state index is 12.5. The molecular formula is C27H23Br2N3O5. The minimum Gasteiger partial charge on any atom is -0.490 e. The zero-order valence-corrected chi connectivity index (χ0v) is 23.2. The lowest BCUT2D eigenvalue weighted by molar-refractivity contribution is -0.118. The van der Waals surface area contributed by atoms with Crippen LogP contribution in [0.4, 0.5) is 5.69 Å². The number of hydrogen-bond acceptors (Lipinski definition) is 6. The SMILES string of the molecule is CCOc1cc(/C=N/NC(=O)c2cc3cc(Br)ccc3o2)cc(Br)c1OCC(=O)Nc1ccc(C)cc1. The number of carbonyl (C=O) groups is 2. The Morgan fingerprint density at radius 1 is 1.03 bits per heavy atom. The van der Waals surface area contributed by atoms with Gasteiger partial charge in [-0.2, -0.15) is 5.10 Å². The van der Waals surface area contributed by atoms with E-state index in [-0.39, 0.29) is 18.3 Å². The molecule has 10 heteroatoms. The van der Waals surface area contributed by atoms with Crippen LogP contribution in [0.15, 0.2) is 79.1 Å². The number of nitrogens with zero attached hydrogens (tertiary/aromatic N) is 1. The Hall–Kier alpha value is -3.63. The molecule has 0 aliphatic rings. The lowest BCUT2D eigenvalue weighted by Gasteiger charge is -2.14. The number of anilines is 1. The molecule has 0 aliphatic heterocycles. The minimum absolute atomic E-state index is 0.147. The van der Waals surface area contributed by atoms with Crippen molar-refractivity contribution in [3.63, 3.8) is 0 Å². The van der Waals surface area contributed by atoms with E-state index < -0.39 is 5.91 Å². The third kappa shape index (κ3) is 6.99. The third-order valence-electron chi connectivity index (χ3n) is 5.10. The molecule has 37 heavy (non-hydrogen) atoms. The van der Waals surface area contributed by atoms with Gasteiger partial charge in [0.25, 0.3) is 5.91 Å². The Bertz CT molecular complexity index is 1470. The quantitative estimate of drug-likeness (QED) is 0.164. The van der Waals surface area contributed by atoms with E-state index in [0.717, 1.165) is 15.4 Å². The summed E-state index contributed by atoms with van der Waals surface area (Å²) in [5, 5.41) is 7.63. The number of hydrogen-bond donors (Lipinski definition) is 2. The first kappa shape index (κ1) is 26.4. The van der Waals surface area contributed by atoms with Gasteiger partial charge in [-0.15, -0.1) is 0 Å². The number of fused-ring (bicyclic) bond motifs is 1. The lowest BCUT2D eigenvalue weighted by Crippen LogP contribution is -2.20. The van der Waals surface area contributed by atoms with Gasteiger partial charge in [0, 0.05) is 15.5 Å². The Kier molecular flexibility index (Phi) is 8.62. The molecule has 3 aromatic carbocycles. The molecule has 4 rings (SSSR count). The highest BCUT2D eigenvalue weighted by Gasteiger charge is 2.15. The number of benzene rings is 3. The first-order valence-corrected chi connectivity index (χ1v) is 12.9. The predicted octanol–water partition coefficient (Wildman–Crippen LogP) is 6.45. The van der Waals surface area contributed by atoms with Gasteiger partial charge in [-0.3, -0.25) is 9.59 Å². The van der Waals surface area contributed by atoms with Gasteiger partial charge < -0.3 is 19.2 Å². The Morgan fingerprint density at radius 2 is 1.81 bits per heavy atom. The number of carbonyl (C=O) groups excluding carboxylic acids is 2. The van der Waals surface area contributed by atoms with E-state index in [0.29, 0.717) is 39.4 Å². The Balaban J connectivity index is 1.41. The number of ether oxygens (including phenoxy) is 2. The summed E-state index contributed by atoms with van der Waals surface area (Å²) in [5.74, 6) is 0.178. The van der Waals surface area contributed by atoms with Crippen LogP contribution in [0.5, 0.6) is 11.5 Å². The maximum Gasteiger partial charge on any atom is 0.307 e. The molecule has 0 unspecified atom stereocenters. The summed E-state index contributed by atoms with van der Waals surface area (Å²) in [7, 11) is 0.